The second-order valence-corrected chi connectivity index (χ2v) is 8.69. The van der Waals surface area contributed by atoms with Gasteiger partial charge in [-0.25, -0.2) is 4.98 Å². The number of para-hydroxylation sites is 3. The van der Waals surface area contributed by atoms with E-state index in [2.05, 4.69) is 35.9 Å². The van der Waals surface area contributed by atoms with E-state index in [9.17, 15) is 4.79 Å². The highest BCUT2D eigenvalue weighted by Crippen LogP contribution is 2.38. The summed E-state index contributed by atoms with van der Waals surface area (Å²) in [6.45, 7) is 5.67. The highest BCUT2D eigenvalue weighted by atomic mass is 16.5. The van der Waals surface area contributed by atoms with Crippen LogP contribution < -0.4 is 24.3 Å². The van der Waals surface area contributed by atoms with E-state index < -0.39 is 0 Å². The number of hydrogen-bond acceptors (Lipinski definition) is 6. The van der Waals surface area contributed by atoms with Crippen LogP contribution in [0.4, 0.5) is 0 Å². The zero-order valence-electron chi connectivity index (χ0n) is 22.0. The number of aryl methyl sites for hydroxylation is 3. The number of methoxy groups -OCH3 is 3. The van der Waals surface area contributed by atoms with Crippen molar-refractivity contribution in [1.29, 1.82) is 0 Å². The topological polar surface area (TPSA) is 83.8 Å². The summed E-state index contributed by atoms with van der Waals surface area (Å²) < 4.78 is 24.4. The van der Waals surface area contributed by atoms with Gasteiger partial charge in [-0.2, -0.15) is 0 Å². The summed E-state index contributed by atoms with van der Waals surface area (Å²) in [4.78, 5) is 17.8. The first-order valence-corrected chi connectivity index (χ1v) is 12.2. The lowest BCUT2D eigenvalue weighted by molar-refractivity contribution is 0.0948. The van der Waals surface area contributed by atoms with Crippen LogP contribution in [-0.2, 0) is 13.1 Å². The van der Waals surface area contributed by atoms with Gasteiger partial charge in [-0.1, -0.05) is 30.3 Å². The Bertz CT molecular complexity index is 1350. The fourth-order valence-corrected chi connectivity index (χ4v) is 4.41. The molecule has 0 atom stereocenters. The van der Waals surface area contributed by atoms with E-state index >= 15 is 0 Å². The number of carbonyl (C=O) groups is 1. The maximum absolute atomic E-state index is 13.0. The third-order valence-electron chi connectivity index (χ3n) is 6.25. The van der Waals surface area contributed by atoms with Gasteiger partial charge >= 0.3 is 0 Å². The van der Waals surface area contributed by atoms with Crippen LogP contribution in [0.15, 0.2) is 54.6 Å². The number of rotatable bonds is 11. The molecule has 0 saturated carbocycles. The molecule has 4 rings (SSSR count). The molecule has 0 unspecified atom stereocenters. The lowest BCUT2D eigenvalue weighted by Gasteiger charge is -2.15. The molecule has 0 radical (unpaired) electrons. The monoisotopic (exact) mass is 503 g/mol. The maximum Gasteiger partial charge on any atom is 0.251 e. The number of aromatic nitrogens is 2. The Morgan fingerprint density at radius 3 is 2.22 bits per heavy atom. The number of benzene rings is 3. The summed E-state index contributed by atoms with van der Waals surface area (Å²) in [6, 6.07) is 17.4. The molecule has 4 aromatic rings. The normalized spacial score (nSPS) is 10.8. The van der Waals surface area contributed by atoms with Crippen LogP contribution in [0, 0.1) is 13.8 Å². The van der Waals surface area contributed by atoms with E-state index in [1.807, 2.05) is 30.3 Å². The quantitative estimate of drug-likeness (QED) is 0.288. The molecule has 0 aliphatic rings. The minimum atomic E-state index is -0.267. The van der Waals surface area contributed by atoms with Crippen molar-refractivity contribution < 1.29 is 23.7 Å². The van der Waals surface area contributed by atoms with Gasteiger partial charge in [0, 0.05) is 12.1 Å². The molecule has 1 N–H and O–H groups in total. The number of carbonyl (C=O) groups excluding carboxylic acids is 1. The van der Waals surface area contributed by atoms with Crippen LogP contribution in [0.1, 0.15) is 33.7 Å². The second kappa shape index (κ2) is 11.7. The Balaban J connectivity index is 1.48. The van der Waals surface area contributed by atoms with Gasteiger partial charge in [0.1, 0.15) is 11.6 Å². The summed E-state index contributed by atoms with van der Waals surface area (Å²) in [5, 5.41) is 2.98. The Kier molecular flexibility index (Phi) is 8.18. The number of hydrogen-bond donors (Lipinski definition) is 1. The molecular formula is C29H33N3O5. The minimum Gasteiger partial charge on any atom is -0.493 e. The molecule has 8 nitrogen and oxygen atoms in total. The van der Waals surface area contributed by atoms with Gasteiger partial charge in [0.15, 0.2) is 11.5 Å². The van der Waals surface area contributed by atoms with E-state index in [-0.39, 0.29) is 12.5 Å². The van der Waals surface area contributed by atoms with E-state index in [1.54, 1.807) is 12.1 Å². The van der Waals surface area contributed by atoms with Crippen LogP contribution >= 0.6 is 0 Å². The number of fused-ring (bicyclic) bond motifs is 1. The van der Waals surface area contributed by atoms with Crippen LogP contribution in [0.2, 0.25) is 0 Å². The Morgan fingerprint density at radius 2 is 1.57 bits per heavy atom. The summed E-state index contributed by atoms with van der Waals surface area (Å²) in [6.07, 6.45) is 0.794. The highest BCUT2D eigenvalue weighted by Gasteiger charge is 2.18. The SMILES string of the molecule is COc1cc(C(=O)NCc2nc3ccccc3n2CCCOc2c(C)cccc2C)cc(OC)c1OC. The van der Waals surface area contributed by atoms with Crippen LogP contribution in [-0.4, -0.2) is 43.4 Å². The van der Waals surface area contributed by atoms with Crippen molar-refractivity contribution in [2.75, 3.05) is 27.9 Å². The number of nitrogens with zero attached hydrogens (tertiary/aromatic N) is 2. The largest absolute Gasteiger partial charge is 0.493 e. The van der Waals surface area contributed by atoms with Crippen molar-refractivity contribution in [3.05, 3.63) is 77.1 Å². The van der Waals surface area contributed by atoms with Crippen molar-refractivity contribution in [1.82, 2.24) is 14.9 Å². The Morgan fingerprint density at radius 1 is 0.892 bits per heavy atom. The Hall–Kier alpha value is -4.20. The molecule has 1 aromatic heterocycles. The third-order valence-corrected chi connectivity index (χ3v) is 6.25. The zero-order chi connectivity index (χ0) is 26.4. The average molecular weight is 504 g/mol. The van der Waals surface area contributed by atoms with E-state index in [4.69, 9.17) is 23.9 Å². The fraction of sp³-hybridized carbons (Fsp3) is 0.310. The minimum absolute atomic E-state index is 0.266. The molecule has 0 spiro atoms. The molecule has 1 heterocycles. The van der Waals surface area contributed by atoms with Crippen molar-refractivity contribution in [2.24, 2.45) is 0 Å². The van der Waals surface area contributed by atoms with Crippen LogP contribution in [0.25, 0.3) is 11.0 Å². The van der Waals surface area contributed by atoms with Crippen molar-refractivity contribution in [2.45, 2.75) is 33.4 Å². The van der Waals surface area contributed by atoms with E-state index in [1.165, 1.54) is 21.3 Å². The number of ether oxygens (including phenoxy) is 4. The van der Waals surface area contributed by atoms with Gasteiger partial charge in [-0.3, -0.25) is 4.79 Å². The number of nitrogens with one attached hydrogen (secondary N) is 1. The van der Waals surface area contributed by atoms with Crippen molar-refractivity contribution in [3.8, 4) is 23.0 Å². The smallest absolute Gasteiger partial charge is 0.251 e. The molecule has 0 aliphatic heterocycles. The summed E-state index contributed by atoms with van der Waals surface area (Å²) in [5.74, 6) is 2.72. The van der Waals surface area contributed by atoms with Gasteiger partial charge in [-0.05, 0) is 55.7 Å². The molecule has 3 aromatic carbocycles. The van der Waals surface area contributed by atoms with Gasteiger partial charge in [0.25, 0.3) is 5.91 Å². The molecule has 0 saturated heterocycles. The number of imidazole rings is 1. The van der Waals surface area contributed by atoms with Crippen LogP contribution in [0.3, 0.4) is 0 Å². The van der Waals surface area contributed by atoms with E-state index in [0.29, 0.717) is 36.0 Å². The molecule has 8 heteroatoms. The first kappa shape index (κ1) is 25.9. The lowest BCUT2D eigenvalue weighted by Crippen LogP contribution is -2.25. The molecule has 0 fully saturated rings. The predicted octanol–water partition coefficient (Wildman–Crippen LogP) is 5.08. The molecule has 0 bridgehead atoms. The van der Waals surface area contributed by atoms with Crippen LogP contribution in [0.5, 0.6) is 23.0 Å². The lowest BCUT2D eigenvalue weighted by atomic mass is 10.1. The van der Waals surface area contributed by atoms with Crippen molar-refractivity contribution >= 4 is 16.9 Å². The van der Waals surface area contributed by atoms with Gasteiger partial charge < -0.3 is 28.8 Å². The van der Waals surface area contributed by atoms with Gasteiger partial charge in [0.05, 0.1) is 45.5 Å². The van der Waals surface area contributed by atoms with Gasteiger partial charge in [0.2, 0.25) is 5.75 Å². The molecular weight excluding hydrogens is 470 g/mol. The molecule has 1 amide bonds. The molecule has 37 heavy (non-hydrogen) atoms. The Labute approximate surface area is 217 Å². The molecule has 0 aliphatic carbocycles. The standard InChI is InChI=1S/C29H33N3O5/c1-19-10-8-11-20(2)27(19)37-15-9-14-32-23-13-7-6-12-22(23)31-26(32)18-30-29(33)21-16-24(34-3)28(36-5)25(17-21)35-4/h6-8,10-13,16-17H,9,14-15,18H2,1-5H3,(H,30,33). The summed E-state index contributed by atoms with van der Waals surface area (Å²) >= 11 is 0. The first-order valence-electron chi connectivity index (χ1n) is 12.2. The molecule has 194 valence electrons. The predicted molar refractivity (Wildman–Crippen MR) is 143 cm³/mol. The average Bonchev–Trinajstić information content (AvgIpc) is 3.27. The van der Waals surface area contributed by atoms with Crippen molar-refractivity contribution in [3.63, 3.8) is 0 Å². The number of amides is 1. The summed E-state index contributed by atoms with van der Waals surface area (Å²) in [7, 11) is 4.56. The maximum atomic E-state index is 13.0. The van der Waals surface area contributed by atoms with Gasteiger partial charge in [-0.15, -0.1) is 0 Å². The summed E-state index contributed by atoms with van der Waals surface area (Å²) in [5.41, 5.74) is 4.56. The fourth-order valence-electron chi connectivity index (χ4n) is 4.41. The third kappa shape index (κ3) is 5.63. The first-order chi connectivity index (χ1) is 18.0. The highest BCUT2D eigenvalue weighted by molar-refractivity contribution is 5.95. The van der Waals surface area contributed by atoms with E-state index in [0.717, 1.165) is 40.2 Å². The zero-order valence-corrected chi connectivity index (χ0v) is 22.0. The second-order valence-electron chi connectivity index (χ2n) is 8.69.